The standard InChI is InChI=1S/C21H40O9/c1-4-5-6-7-8-9-10-14-17-21(25-26-22-3)19(2)18-23-27-29-30-28-24-20-15-12-11-13-16-20/h17,19-20H,4-16,18H2,1-3H3. The largest absolute Gasteiger partial charge is 0.313 e. The molecule has 30 heavy (non-hydrogen) atoms. The number of allylic oxidation sites excluding steroid dienone is 1. The van der Waals surface area contributed by atoms with Crippen molar-refractivity contribution in [3.05, 3.63) is 11.8 Å². The molecule has 1 unspecified atom stereocenters. The molecule has 0 bridgehead atoms. The van der Waals surface area contributed by atoms with Crippen LogP contribution in [0.15, 0.2) is 11.8 Å². The van der Waals surface area contributed by atoms with Crippen LogP contribution in [0.1, 0.15) is 97.3 Å². The molecule has 178 valence electrons. The van der Waals surface area contributed by atoms with Crippen molar-refractivity contribution in [1.29, 1.82) is 0 Å². The van der Waals surface area contributed by atoms with Gasteiger partial charge in [0.1, 0.15) is 5.76 Å². The molecule has 0 amide bonds. The molecule has 0 N–H and O–H groups in total. The topological polar surface area (TPSA) is 83.1 Å². The van der Waals surface area contributed by atoms with Crippen molar-refractivity contribution >= 4 is 0 Å². The summed E-state index contributed by atoms with van der Waals surface area (Å²) in [5.74, 6) is 0.428. The molecule has 0 aromatic heterocycles. The Morgan fingerprint density at radius 2 is 1.57 bits per heavy atom. The van der Waals surface area contributed by atoms with E-state index in [-0.39, 0.29) is 18.6 Å². The molecule has 9 heteroatoms. The van der Waals surface area contributed by atoms with Crippen LogP contribution >= 0.6 is 0 Å². The van der Waals surface area contributed by atoms with Crippen LogP contribution in [0.5, 0.6) is 0 Å². The summed E-state index contributed by atoms with van der Waals surface area (Å²) in [5, 5.41) is 22.2. The van der Waals surface area contributed by atoms with Gasteiger partial charge in [-0.3, -0.25) is 0 Å². The van der Waals surface area contributed by atoms with E-state index in [1.165, 1.54) is 52.1 Å². The van der Waals surface area contributed by atoms with Gasteiger partial charge in [0.15, 0.2) is 0 Å². The van der Waals surface area contributed by atoms with E-state index in [9.17, 15) is 0 Å². The lowest BCUT2D eigenvalue weighted by Crippen LogP contribution is -2.17. The minimum Gasteiger partial charge on any atom is -0.313 e. The number of hydrogen-bond acceptors (Lipinski definition) is 9. The highest BCUT2D eigenvalue weighted by Crippen LogP contribution is 2.20. The molecule has 1 rings (SSSR count). The fourth-order valence-electron chi connectivity index (χ4n) is 3.22. The van der Waals surface area contributed by atoms with Crippen LogP contribution in [-0.2, 0) is 44.7 Å². The first-order valence-electron chi connectivity index (χ1n) is 11.3. The van der Waals surface area contributed by atoms with Gasteiger partial charge in [-0.05, 0) is 57.0 Å². The molecule has 1 aliphatic rings. The van der Waals surface area contributed by atoms with Crippen LogP contribution in [-0.4, -0.2) is 19.8 Å². The summed E-state index contributed by atoms with van der Waals surface area (Å²) >= 11 is 0. The molecule has 0 aliphatic heterocycles. The van der Waals surface area contributed by atoms with Crippen molar-refractivity contribution in [1.82, 2.24) is 0 Å². The third-order valence-electron chi connectivity index (χ3n) is 5.01. The SMILES string of the molecule is CCCCCCCCCC=C(OOOC)C(C)COOOOOOC1CCCCC1. The van der Waals surface area contributed by atoms with E-state index in [0.29, 0.717) is 5.76 Å². The van der Waals surface area contributed by atoms with Crippen LogP contribution in [0.25, 0.3) is 0 Å². The van der Waals surface area contributed by atoms with Crippen LogP contribution < -0.4 is 0 Å². The third-order valence-corrected chi connectivity index (χ3v) is 5.01. The Morgan fingerprint density at radius 1 is 0.867 bits per heavy atom. The summed E-state index contributed by atoms with van der Waals surface area (Å²) in [5.41, 5.74) is 0. The van der Waals surface area contributed by atoms with Crippen LogP contribution in [0, 0.1) is 5.92 Å². The lowest BCUT2D eigenvalue weighted by molar-refractivity contribution is -0.760. The Morgan fingerprint density at radius 3 is 2.30 bits per heavy atom. The van der Waals surface area contributed by atoms with Gasteiger partial charge >= 0.3 is 0 Å². The van der Waals surface area contributed by atoms with Gasteiger partial charge in [0.2, 0.25) is 0 Å². The Balaban J connectivity index is 2.09. The molecule has 0 aromatic carbocycles. The second kappa shape index (κ2) is 20.1. The van der Waals surface area contributed by atoms with Crippen molar-refractivity contribution in [3.63, 3.8) is 0 Å². The van der Waals surface area contributed by atoms with Gasteiger partial charge in [0.25, 0.3) is 0 Å². The molecule has 0 heterocycles. The fourth-order valence-corrected chi connectivity index (χ4v) is 3.22. The zero-order valence-corrected chi connectivity index (χ0v) is 18.8. The normalized spacial score (nSPS) is 16.7. The molecule has 0 aromatic rings. The lowest BCUT2D eigenvalue weighted by atomic mass is 9.98. The van der Waals surface area contributed by atoms with Crippen molar-refractivity contribution in [3.8, 4) is 0 Å². The Kier molecular flexibility index (Phi) is 18.3. The van der Waals surface area contributed by atoms with Gasteiger partial charge in [0.05, 0.1) is 19.8 Å². The molecule has 0 saturated heterocycles. The maximum atomic E-state index is 5.16. The van der Waals surface area contributed by atoms with E-state index in [1.54, 1.807) is 0 Å². The maximum Gasteiger partial charge on any atom is 0.147 e. The first-order valence-corrected chi connectivity index (χ1v) is 11.3. The molecule has 1 saturated carbocycles. The molecule has 0 radical (unpaired) electrons. The van der Waals surface area contributed by atoms with Gasteiger partial charge in [-0.15, -0.1) is 0 Å². The molecular formula is C21H40O9. The van der Waals surface area contributed by atoms with Crippen LogP contribution in [0.2, 0.25) is 0 Å². The molecule has 1 aliphatic carbocycles. The van der Waals surface area contributed by atoms with Gasteiger partial charge in [-0.2, -0.15) is 4.89 Å². The molecule has 0 spiro atoms. The highest BCUT2D eigenvalue weighted by atomic mass is 17.8. The van der Waals surface area contributed by atoms with E-state index in [1.807, 2.05) is 13.0 Å². The first kappa shape index (κ1) is 27.3. The second-order valence-corrected chi connectivity index (χ2v) is 7.65. The quantitative estimate of drug-likeness (QED) is 0.0963. The predicted octanol–water partition coefficient (Wildman–Crippen LogP) is 6.16. The maximum absolute atomic E-state index is 5.16. The van der Waals surface area contributed by atoms with Gasteiger partial charge < -0.3 is 4.89 Å². The number of rotatable bonds is 20. The average molecular weight is 437 g/mol. The minimum absolute atomic E-state index is 0.0188. The van der Waals surface area contributed by atoms with Crippen molar-refractivity contribution in [2.45, 2.75) is 103 Å². The fraction of sp³-hybridized carbons (Fsp3) is 0.905. The molecule has 1 fully saturated rings. The summed E-state index contributed by atoms with van der Waals surface area (Å²) in [6.45, 7) is 4.26. The Hall–Kier alpha value is -0.780. The van der Waals surface area contributed by atoms with E-state index in [2.05, 4.69) is 37.0 Å². The van der Waals surface area contributed by atoms with E-state index in [0.717, 1.165) is 38.5 Å². The minimum atomic E-state index is -0.160. The number of unbranched alkanes of at least 4 members (excludes halogenated alkanes) is 7. The summed E-state index contributed by atoms with van der Waals surface area (Å²) in [4.78, 5) is 19.6. The van der Waals surface area contributed by atoms with Crippen LogP contribution in [0.3, 0.4) is 0 Å². The Labute approximate surface area is 180 Å². The first-order chi connectivity index (χ1) is 14.8. The zero-order valence-electron chi connectivity index (χ0n) is 18.8. The smallest absolute Gasteiger partial charge is 0.147 e. The van der Waals surface area contributed by atoms with Crippen LogP contribution in [0.4, 0.5) is 0 Å². The van der Waals surface area contributed by atoms with Crippen molar-refractivity contribution < 1.29 is 44.7 Å². The lowest BCUT2D eigenvalue weighted by Gasteiger charge is -2.18. The van der Waals surface area contributed by atoms with Crippen molar-refractivity contribution in [2.24, 2.45) is 5.92 Å². The highest BCUT2D eigenvalue weighted by Gasteiger charge is 2.16. The second-order valence-electron chi connectivity index (χ2n) is 7.65. The predicted molar refractivity (Wildman–Crippen MR) is 107 cm³/mol. The Bertz CT molecular complexity index is 400. The summed E-state index contributed by atoms with van der Waals surface area (Å²) in [6.07, 6.45) is 17.0. The highest BCUT2D eigenvalue weighted by molar-refractivity contribution is 4.96. The summed E-state index contributed by atoms with van der Waals surface area (Å²) in [7, 11) is 1.37. The van der Waals surface area contributed by atoms with E-state index in [4.69, 9.17) is 14.7 Å². The molecular weight excluding hydrogens is 396 g/mol. The average Bonchev–Trinajstić information content (AvgIpc) is 2.77. The summed E-state index contributed by atoms with van der Waals surface area (Å²) in [6, 6.07) is 0. The van der Waals surface area contributed by atoms with E-state index >= 15 is 0 Å². The number of hydrogen-bond donors (Lipinski definition) is 0. The van der Waals surface area contributed by atoms with Gasteiger partial charge in [0, 0.05) is 5.92 Å². The third kappa shape index (κ3) is 15.1. The van der Waals surface area contributed by atoms with Crippen molar-refractivity contribution in [2.75, 3.05) is 13.7 Å². The monoisotopic (exact) mass is 436 g/mol. The summed E-state index contributed by atoms with van der Waals surface area (Å²) < 4.78 is 0. The van der Waals surface area contributed by atoms with E-state index < -0.39 is 0 Å². The molecule has 1 atom stereocenters. The van der Waals surface area contributed by atoms with Gasteiger partial charge in [-0.1, -0.05) is 71.6 Å². The molecule has 9 nitrogen and oxygen atoms in total. The van der Waals surface area contributed by atoms with Gasteiger partial charge in [-0.25, -0.2) is 9.78 Å². The zero-order chi connectivity index (χ0) is 21.7.